The lowest BCUT2D eigenvalue weighted by Gasteiger charge is -2.11. The first kappa shape index (κ1) is 15.9. The lowest BCUT2D eigenvalue weighted by Crippen LogP contribution is -2.26. The molecule has 1 unspecified atom stereocenters. The Balaban J connectivity index is 4.30. The number of methoxy groups -OCH3 is 1. The lowest BCUT2D eigenvalue weighted by molar-refractivity contribution is -0.143. The number of ether oxygens (including phenoxy) is 2. The third-order valence-electron chi connectivity index (χ3n) is 2.19. The maximum atomic E-state index is 11.7. The monoisotopic (exact) mass is 266 g/mol. The van der Waals surface area contributed by atoms with Crippen molar-refractivity contribution in [1.82, 2.24) is 0 Å². The van der Waals surface area contributed by atoms with Gasteiger partial charge in [0.15, 0.2) is 9.84 Å². The maximum absolute atomic E-state index is 11.7. The third-order valence-corrected chi connectivity index (χ3v) is 4.36. The number of sulfone groups is 1. The van der Waals surface area contributed by atoms with Crippen LogP contribution in [0.3, 0.4) is 0 Å². The molecule has 100 valence electrons. The number of hydrogen-bond acceptors (Lipinski definition) is 6. The van der Waals surface area contributed by atoms with Crippen molar-refractivity contribution < 1.29 is 27.5 Å². The van der Waals surface area contributed by atoms with Gasteiger partial charge in [-0.3, -0.25) is 9.59 Å². The van der Waals surface area contributed by atoms with Crippen molar-refractivity contribution in [3.63, 3.8) is 0 Å². The van der Waals surface area contributed by atoms with Gasteiger partial charge in [0, 0.05) is 0 Å². The highest BCUT2D eigenvalue weighted by Crippen LogP contribution is 2.09. The van der Waals surface area contributed by atoms with E-state index >= 15 is 0 Å². The Morgan fingerprint density at radius 3 is 2.29 bits per heavy atom. The van der Waals surface area contributed by atoms with E-state index in [1.54, 1.807) is 6.92 Å². The molecule has 0 N–H and O–H groups in total. The standard InChI is InChI=1S/C10H18O6S/c1-4-16-10(12)7-8(2)17(13,14)6-5-9(11)15-3/h8H,4-7H2,1-3H3. The average Bonchev–Trinajstić information content (AvgIpc) is 2.26. The van der Waals surface area contributed by atoms with Crippen LogP contribution < -0.4 is 0 Å². The van der Waals surface area contributed by atoms with E-state index in [1.165, 1.54) is 14.0 Å². The second kappa shape index (κ2) is 7.26. The number of carbonyl (C=O) groups excluding carboxylic acids is 2. The first-order chi connectivity index (χ1) is 7.83. The summed E-state index contributed by atoms with van der Waals surface area (Å²) in [4.78, 5) is 21.9. The minimum Gasteiger partial charge on any atom is -0.469 e. The molecule has 0 spiro atoms. The van der Waals surface area contributed by atoms with Crippen LogP contribution in [0.2, 0.25) is 0 Å². The van der Waals surface area contributed by atoms with Crippen LogP contribution in [0, 0.1) is 0 Å². The summed E-state index contributed by atoms with van der Waals surface area (Å²) in [6.07, 6.45) is -0.399. The molecule has 0 radical (unpaired) electrons. The second-order valence-corrected chi connectivity index (χ2v) is 6.05. The van der Waals surface area contributed by atoms with E-state index < -0.39 is 27.0 Å². The van der Waals surface area contributed by atoms with Gasteiger partial charge in [0.05, 0.1) is 37.6 Å². The molecule has 1 atom stereocenters. The molecule has 17 heavy (non-hydrogen) atoms. The van der Waals surface area contributed by atoms with Gasteiger partial charge in [-0.1, -0.05) is 0 Å². The highest BCUT2D eigenvalue weighted by molar-refractivity contribution is 7.92. The fourth-order valence-corrected chi connectivity index (χ4v) is 2.35. The van der Waals surface area contributed by atoms with Gasteiger partial charge in [0.1, 0.15) is 0 Å². The van der Waals surface area contributed by atoms with Crippen molar-refractivity contribution in [1.29, 1.82) is 0 Å². The molecule has 0 fully saturated rings. The smallest absolute Gasteiger partial charge is 0.307 e. The Kier molecular flexibility index (Phi) is 6.79. The summed E-state index contributed by atoms with van der Waals surface area (Å²) in [5.41, 5.74) is 0. The molecule has 0 rings (SSSR count). The van der Waals surface area contributed by atoms with Crippen LogP contribution in [0.1, 0.15) is 26.7 Å². The Labute approximate surface area is 101 Å². The summed E-state index contributed by atoms with van der Waals surface area (Å²) in [6.45, 7) is 3.28. The summed E-state index contributed by atoms with van der Waals surface area (Å²) in [7, 11) is -2.29. The molecule has 0 aromatic carbocycles. The Morgan fingerprint density at radius 2 is 1.82 bits per heavy atom. The Bertz CT molecular complexity index is 359. The quantitative estimate of drug-likeness (QED) is 0.616. The molecule has 0 aliphatic rings. The second-order valence-electron chi connectivity index (χ2n) is 3.51. The van der Waals surface area contributed by atoms with E-state index in [4.69, 9.17) is 0 Å². The zero-order valence-electron chi connectivity index (χ0n) is 10.3. The van der Waals surface area contributed by atoms with E-state index in [2.05, 4.69) is 9.47 Å². The van der Waals surface area contributed by atoms with Gasteiger partial charge in [-0.05, 0) is 13.8 Å². The molecular weight excluding hydrogens is 248 g/mol. The predicted octanol–water partition coefficient (Wildman–Crippen LogP) is 0.306. The molecule has 7 heteroatoms. The zero-order valence-corrected chi connectivity index (χ0v) is 11.1. The normalized spacial score (nSPS) is 12.9. The van der Waals surface area contributed by atoms with E-state index in [1.807, 2.05) is 0 Å². The van der Waals surface area contributed by atoms with Crippen molar-refractivity contribution in [3.8, 4) is 0 Å². The van der Waals surface area contributed by atoms with E-state index in [0.717, 1.165) is 0 Å². The minimum absolute atomic E-state index is 0.197. The van der Waals surface area contributed by atoms with Crippen LogP contribution >= 0.6 is 0 Å². The molecule has 0 heterocycles. The molecule has 0 aromatic heterocycles. The van der Waals surface area contributed by atoms with E-state index in [0.29, 0.717) is 0 Å². The molecule has 0 amide bonds. The molecule has 6 nitrogen and oxygen atoms in total. The number of rotatable bonds is 7. The topological polar surface area (TPSA) is 86.7 Å². The highest BCUT2D eigenvalue weighted by Gasteiger charge is 2.25. The van der Waals surface area contributed by atoms with Crippen molar-refractivity contribution in [2.45, 2.75) is 31.9 Å². The van der Waals surface area contributed by atoms with Gasteiger partial charge in [-0.2, -0.15) is 0 Å². The highest BCUT2D eigenvalue weighted by atomic mass is 32.2. The fraction of sp³-hybridized carbons (Fsp3) is 0.800. The van der Waals surface area contributed by atoms with Crippen LogP contribution in [0.5, 0.6) is 0 Å². The minimum atomic E-state index is -3.48. The summed E-state index contributed by atoms with van der Waals surface area (Å²) in [5, 5.41) is -0.855. The third kappa shape index (κ3) is 6.25. The average molecular weight is 266 g/mol. The Morgan fingerprint density at radius 1 is 1.24 bits per heavy atom. The van der Waals surface area contributed by atoms with Gasteiger partial charge in [0.25, 0.3) is 0 Å². The summed E-state index contributed by atoms with van der Waals surface area (Å²) in [6, 6.07) is 0. The van der Waals surface area contributed by atoms with Gasteiger partial charge in [0.2, 0.25) is 0 Å². The van der Waals surface area contributed by atoms with Gasteiger partial charge < -0.3 is 9.47 Å². The molecule has 0 aliphatic heterocycles. The summed E-state index contributed by atoms with van der Waals surface area (Å²) < 4.78 is 32.4. The van der Waals surface area contributed by atoms with Gasteiger partial charge >= 0.3 is 11.9 Å². The van der Waals surface area contributed by atoms with Crippen LogP contribution in [-0.4, -0.2) is 45.1 Å². The molecule has 0 aromatic rings. The number of esters is 2. The molecule has 0 saturated heterocycles. The Hall–Kier alpha value is -1.11. The van der Waals surface area contributed by atoms with Crippen molar-refractivity contribution >= 4 is 21.8 Å². The summed E-state index contributed by atoms with van der Waals surface area (Å²) in [5.74, 6) is -1.46. The van der Waals surface area contributed by atoms with Crippen LogP contribution in [0.15, 0.2) is 0 Å². The van der Waals surface area contributed by atoms with Gasteiger partial charge in [-0.15, -0.1) is 0 Å². The van der Waals surface area contributed by atoms with E-state index in [-0.39, 0.29) is 25.2 Å². The van der Waals surface area contributed by atoms with Crippen LogP contribution in [0.4, 0.5) is 0 Å². The van der Waals surface area contributed by atoms with Crippen LogP contribution in [0.25, 0.3) is 0 Å². The van der Waals surface area contributed by atoms with E-state index in [9.17, 15) is 18.0 Å². The first-order valence-electron chi connectivity index (χ1n) is 5.27. The molecule has 0 bridgehead atoms. The lowest BCUT2D eigenvalue weighted by atomic mass is 10.3. The zero-order chi connectivity index (χ0) is 13.5. The molecular formula is C10H18O6S. The fourth-order valence-electron chi connectivity index (χ4n) is 1.11. The van der Waals surface area contributed by atoms with Crippen molar-refractivity contribution in [2.75, 3.05) is 19.5 Å². The largest absolute Gasteiger partial charge is 0.469 e. The molecule has 0 saturated carbocycles. The van der Waals surface area contributed by atoms with Crippen molar-refractivity contribution in [3.05, 3.63) is 0 Å². The summed E-state index contributed by atoms with van der Waals surface area (Å²) >= 11 is 0. The first-order valence-corrected chi connectivity index (χ1v) is 6.99. The SMILES string of the molecule is CCOC(=O)CC(C)S(=O)(=O)CCC(=O)OC. The van der Waals surface area contributed by atoms with Crippen LogP contribution in [-0.2, 0) is 28.9 Å². The molecule has 0 aliphatic carbocycles. The maximum Gasteiger partial charge on any atom is 0.307 e. The number of carbonyl (C=O) groups is 2. The number of hydrogen-bond donors (Lipinski definition) is 0. The van der Waals surface area contributed by atoms with Crippen molar-refractivity contribution in [2.24, 2.45) is 0 Å². The van der Waals surface area contributed by atoms with Gasteiger partial charge in [-0.25, -0.2) is 8.42 Å². The predicted molar refractivity (Wildman–Crippen MR) is 61.1 cm³/mol.